The van der Waals surface area contributed by atoms with Gasteiger partial charge in [0.1, 0.15) is 0 Å². The van der Waals surface area contributed by atoms with E-state index in [1.807, 2.05) is 11.3 Å². The highest BCUT2D eigenvalue weighted by Gasteiger charge is 2.23. The van der Waals surface area contributed by atoms with Crippen LogP contribution in [0.25, 0.3) is 90.8 Å². The summed E-state index contributed by atoms with van der Waals surface area (Å²) in [5.74, 6) is 1.01. The lowest BCUT2D eigenvalue weighted by Gasteiger charge is -2.22. The van der Waals surface area contributed by atoms with Crippen LogP contribution < -0.4 is 0 Å². The van der Waals surface area contributed by atoms with Gasteiger partial charge in [-0.1, -0.05) is 172 Å². The van der Waals surface area contributed by atoms with Crippen LogP contribution in [-0.4, -0.2) is 16.1 Å². The van der Waals surface area contributed by atoms with Crippen LogP contribution in [0, 0.1) is 5.92 Å². The van der Waals surface area contributed by atoms with Crippen molar-refractivity contribution in [3.05, 3.63) is 211 Å². The lowest BCUT2D eigenvalue weighted by Crippen LogP contribution is -2.12. The summed E-state index contributed by atoms with van der Waals surface area (Å²) in [7, 11) is 0. The molecule has 0 saturated heterocycles. The van der Waals surface area contributed by atoms with Gasteiger partial charge in [0.25, 0.3) is 0 Å². The topological polar surface area (TPSA) is 29.6 Å². The summed E-state index contributed by atoms with van der Waals surface area (Å²) in [4.78, 5) is 11.6. The third-order valence-electron chi connectivity index (χ3n) is 13.5. The Balaban J connectivity index is 1.11. The quantitative estimate of drug-likeness (QED) is 0.0869. The molecule has 10 aromatic carbocycles. The molecular formula is C60H45N3S. The van der Waals surface area contributed by atoms with Gasteiger partial charge < -0.3 is 4.57 Å². The van der Waals surface area contributed by atoms with Gasteiger partial charge in [0.15, 0.2) is 5.84 Å². The van der Waals surface area contributed by atoms with E-state index in [2.05, 4.69) is 219 Å². The number of hydrogen-bond acceptors (Lipinski definition) is 2. The lowest BCUT2D eigenvalue weighted by molar-refractivity contribution is 0.459. The number of nitrogens with zero attached hydrogens (tertiary/aromatic N) is 3. The number of aliphatic imine (C=N–C) groups is 2. The van der Waals surface area contributed by atoms with Crippen LogP contribution in [0.4, 0.5) is 0 Å². The molecule has 306 valence electrons. The third-order valence-corrected chi connectivity index (χ3v) is 14.6. The highest BCUT2D eigenvalue weighted by Crippen LogP contribution is 2.42. The van der Waals surface area contributed by atoms with E-state index in [1.54, 1.807) is 0 Å². The first-order valence-corrected chi connectivity index (χ1v) is 23.2. The van der Waals surface area contributed by atoms with Crippen molar-refractivity contribution in [1.29, 1.82) is 0 Å². The first kappa shape index (κ1) is 38.3. The summed E-state index contributed by atoms with van der Waals surface area (Å²) in [5.41, 5.74) is 7.79. The Morgan fingerprint density at radius 2 is 1.14 bits per heavy atom. The third kappa shape index (κ3) is 6.32. The van der Waals surface area contributed by atoms with Gasteiger partial charge in [-0.15, -0.1) is 11.3 Å². The van der Waals surface area contributed by atoms with E-state index in [0.717, 1.165) is 40.2 Å². The number of benzene rings is 10. The Morgan fingerprint density at radius 3 is 1.95 bits per heavy atom. The summed E-state index contributed by atoms with van der Waals surface area (Å²) < 4.78 is 4.96. The SMILES string of the molecule is CCC(C)C(N=C(N=C(C)c1cc(-n2c3ccccc3c3cc4ccccc4cc32)cc2sc3ccccc3c12)c1cccc2ccccc12)c1ccc2c(ccc3ccccc32)c1. The van der Waals surface area contributed by atoms with E-state index in [9.17, 15) is 0 Å². The molecule has 2 unspecified atom stereocenters. The number of thiophene rings is 1. The molecule has 0 amide bonds. The maximum Gasteiger partial charge on any atom is 0.156 e. The van der Waals surface area contributed by atoms with E-state index in [1.165, 1.54) is 85.2 Å². The van der Waals surface area contributed by atoms with Crippen molar-refractivity contribution in [2.45, 2.75) is 33.2 Å². The van der Waals surface area contributed by atoms with Crippen molar-refractivity contribution in [2.24, 2.45) is 15.9 Å². The highest BCUT2D eigenvalue weighted by atomic mass is 32.1. The van der Waals surface area contributed by atoms with Crippen LogP contribution in [-0.2, 0) is 0 Å². The lowest BCUT2D eigenvalue weighted by atomic mass is 9.90. The zero-order chi connectivity index (χ0) is 42.9. The molecule has 12 rings (SSSR count). The van der Waals surface area contributed by atoms with Gasteiger partial charge in [-0.05, 0) is 104 Å². The number of fused-ring (bicyclic) bond motifs is 11. The second-order valence-electron chi connectivity index (χ2n) is 17.3. The fourth-order valence-electron chi connectivity index (χ4n) is 10.1. The second-order valence-corrected chi connectivity index (χ2v) is 18.4. The summed E-state index contributed by atoms with van der Waals surface area (Å²) in [5, 5.41) is 14.8. The Morgan fingerprint density at radius 1 is 0.500 bits per heavy atom. The summed E-state index contributed by atoms with van der Waals surface area (Å²) in [6.45, 7) is 6.79. The molecule has 64 heavy (non-hydrogen) atoms. The van der Waals surface area contributed by atoms with Crippen LogP contribution in [0.2, 0.25) is 0 Å². The molecule has 2 heterocycles. The van der Waals surface area contributed by atoms with Gasteiger partial charge in [0.2, 0.25) is 0 Å². The Kier molecular flexibility index (Phi) is 9.24. The molecule has 2 atom stereocenters. The van der Waals surface area contributed by atoms with Crippen LogP contribution in [0.3, 0.4) is 0 Å². The van der Waals surface area contributed by atoms with E-state index in [-0.39, 0.29) is 12.0 Å². The van der Waals surface area contributed by atoms with Crippen molar-refractivity contribution in [3.63, 3.8) is 0 Å². The van der Waals surface area contributed by atoms with Gasteiger partial charge in [-0.2, -0.15) is 0 Å². The summed E-state index contributed by atoms with van der Waals surface area (Å²) >= 11 is 1.85. The molecule has 2 aromatic heterocycles. The standard InChI is InChI=1S/C60H45N3S/c1-4-37(2)59(44-30-31-48-43(32-44)29-28-40-17-8-9-21-46(40)48)62-60(50-25-15-20-39-16-7-10-22-47(39)50)61-38(3)52-35-45(36-57-58(52)51-24-12-14-27-56(51)64-57)63-54-26-13-11-23-49(54)53-33-41-18-5-6-19-42(41)34-55(53)63/h5-37,59H,4H2,1-3H3. The smallest absolute Gasteiger partial charge is 0.156 e. The van der Waals surface area contributed by atoms with E-state index >= 15 is 0 Å². The number of amidine groups is 1. The number of hydrogen-bond donors (Lipinski definition) is 0. The molecular weight excluding hydrogens is 795 g/mol. The van der Waals surface area contributed by atoms with Gasteiger partial charge >= 0.3 is 0 Å². The summed E-state index contributed by atoms with van der Waals surface area (Å²) in [6.07, 6.45) is 0.979. The van der Waals surface area contributed by atoms with Crippen LogP contribution in [0.1, 0.15) is 49.9 Å². The molecule has 0 aliphatic heterocycles. The molecule has 12 aromatic rings. The summed E-state index contributed by atoms with van der Waals surface area (Å²) in [6, 6.07) is 71.0. The molecule has 0 saturated carbocycles. The maximum absolute atomic E-state index is 5.81. The van der Waals surface area contributed by atoms with Crippen molar-refractivity contribution in [1.82, 2.24) is 4.57 Å². The first-order chi connectivity index (χ1) is 31.5. The second kappa shape index (κ2) is 15.4. The van der Waals surface area contributed by atoms with Crippen molar-refractivity contribution >= 4 is 108 Å². The fraction of sp³-hybridized carbons (Fsp3) is 0.100. The van der Waals surface area contributed by atoms with Crippen LogP contribution >= 0.6 is 11.3 Å². The van der Waals surface area contributed by atoms with Gasteiger partial charge in [-0.25, -0.2) is 4.99 Å². The maximum atomic E-state index is 5.81. The van der Waals surface area contributed by atoms with Crippen molar-refractivity contribution < 1.29 is 0 Å². The molecule has 0 fully saturated rings. The highest BCUT2D eigenvalue weighted by molar-refractivity contribution is 7.26. The molecule has 0 N–H and O–H groups in total. The normalized spacial score (nSPS) is 13.7. The van der Waals surface area contributed by atoms with Crippen LogP contribution in [0.15, 0.2) is 204 Å². The Labute approximate surface area is 376 Å². The molecule has 0 bridgehead atoms. The molecule has 0 radical (unpaired) electrons. The average Bonchev–Trinajstić information content (AvgIpc) is 3.88. The predicted molar refractivity (Wildman–Crippen MR) is 278 cm³/mol. The Bertz CT molecular complexity index is 3880. The van der Waals surface area contributed by atoms with Gasteiger partial charge in [0, 0.05) is 53.5 Å². The predicted octanol–water partition coefficient (Wildman–Crippen LogP) is 16.8. The number of aromatic nitrogens is 1. The van der Waals surface area contributed by atoms with E-state index < -0.39 is 0 Å². The van der Waals surface area contributed by atoms with Gasteiger partial charge in [0.05, 0.1) is 17.1 Å². The van der Waals surface area contributed by atoms with Crippen LogP contribution in [0.5, 0.6) is 0 Å². The van der Waals surface area contributed by atoms with E-state index in [4.69, 9.17) is 9.98 Å². The molecule has 3 nitrogen and oxygen atoms in total. The zero-order valence-corrected chi connectivity index (χ0v) is 36.9. The number of para-hydroxylation sites is 1. The molecule has 0 aliphatic rings. The number of rotatable bonds is 7. The van der Waals surface area contributed by atoms with Crippen molar-refractivity contribution in [2.75, 3.05) is 0 Å². The average molecular weight is 840 g/mol. The van der Waals surface area contributed by atoms with Gasteiger partial charge in [-0.3, -0.25) is 4.99 Å². The first-order valence-electron chi connectivity index (χ1n) is 22.4. The van der Waals surface area contributed by atoms with Crippen molar-refractivity contribution in [3.8, 4) is 5.69 Å². The van der Waals surface area contributed by atoms with E-state index in [0.29, 0.717) is 0 Å². The fourth-order valence-corrected chi connectivity index (χ4v) is 11.3. The minimum atomic E-state index is -0.118. The largest absolute Gasteiger partial charge is 0.309 e. The zero-order valence-electron chi connectivity index (χ0n) is 36.1. The molecule has 4 heteroatoms. The molecule has 0 spiro atoms. The Hall–Kier alpha value is -7.40. The minimum absolute atomic E-state index is 0.118. The monoisotopic (exact) mass is 839 g/mol. The minimum Gasteiger partial charge on any atom is -0.309 e. The molecule has 0 aliphatic carbocycles.